The van der Waals surface area contributed by atoms with E-state index in [1.54, 1.807) is 12.1 Å². The van der Waals surface area contributed by atoms with Gasteiger partial charge in [-0.3, -0.25) is 4.79 Å². The van der Waals surface area contributed by atoms with Gasteiger partial charge in [-0.2, -0.15) is 4.31 Å². The number of hydrogen-bond donors (Lipinski definition) is 0. The minimum atomic E-state index is -4.85. The third-order valence-corrected chi connectivity index (χ3v) is 6.71. The number of nitrogens with zero attached hydrogens (tertiary/aromatic N) is 2. The van der Waals surface area contributed by atoms with E-state index in [-0.39, 0.29) is 36.6 Å². The molecule has 1 fully saturated rings. The number of halogens is 3. The van der Waals surface area contributed by atoms with Crippen LogP contribution in [0, 0.1) is 0 Å². The highest BCUT2D eigenvalue weighted by Crippen LogP contribution is 2.27. The van der Waals surface area contributed by atoms with E-state index < -0.39 is 28.0 Å². The molecule has 0 spiro atoms. The van der Waals surface area contributed by atoms with Gasteiger partial charge in [0, 0.05) is 37.8 Å². The molecule has 0 bridgehead atoms. The predicted octanol–water partition coefficient (Wildman–Crippen LogP) is 3.14. The van der Waals surface area contributed by atoms with Crippen LogP contribution in [0.2, 0.25) is 0 Å². The summed E-state index contributed by atoms with van der Waals surface area (Å²) in [6, 6.07) is 11.5. The van der Waals surface area contributed by atoms with E-state index in [1.807, 2.05) is 0 Å². The van der Waals surface area contributed by atoms with Gasteiger partial charge >= 0.3 is 6.36 Å². The molecule has 0 unspecified atom stereocenters. The van der Waals surface area contributed by atoms with Crippen LogP contribution >= 0.6 is 0 Å². The molecular formula is C21H21F3N2O5S. The van der Waals surface area contributed by atoms with Crippen LogP contribution in [0.25, 0.3) is 6.08 Å². The molecule has 0 radical (unpaired) electrons. The molecule has 172 valence electrons. The Hall–Kier alpha value is -3.05. The standard InChI is InChI=1S/C21H21F3N2O5S/c1-30-17-7-9-18(10-8-17)32(28,29)26-14-12-25(13-15-26)20(27)11-6-16-4-2-3-5-19(16)31-21(22,23)24/h2-11H,12-15H2,1H3/b11-6+. The van der Waals surface area contributed by atoms with Gasteiger partial charge in [-0.1, -0.05) is 18.2 Å². The van der Waals surface area contributed by atoms with Gasteiger partial charge in [0.25, 0.3) is 0 Å². The van der Waals surface area contributed by atoms with Crippen LogP contribution in [-0.2, 0) is 14.8 Å². The summed E-state index contributed by atoms with van der Waals surface area (Å²) in [6.07, 6.45) is -2.46. The van der Waals surface area contributed by atoms with Crippen molar-refractivity contribution >= 4 is 22.0 Å². The summed E-state index contributed by atoms with van der Waals surface area (Å²) >= 11 is 0. The number of alkyl halides is 3. The van der Waals surface area contributed by atoms with Gasteiger partial charge in [-0.25, -0.2) is 8.42 Å². The molecule has 0 saturated carbocycles. The van der Waals surface area contributed by atoms with Crippen LogP contribution in [-0.4, -0.2) is 63.2 Å². The Morgan fingerprint density at radius 3 is 2.22 bits per heavy atom. The van der Waals surface area contributed by atoms with Crippen molar-refractivity contribution in [1.29, 1.82) is 0 Å². The molecule has 2 aromatic carbocycles. The van der Waals surface area contributed by atoms with E-state index in [0.717, 1.165) is 12.1 Å². The number of benzene rings is 2. The van der Waals surface area contributed by atoms with Crippen molar-refractivity contribution in [2.24, 2.45) is 0 Å². The molecular weight excluding hydrogens is 449 g/mol. The number of sulfonamides is 1. The Kier molecular flexibility index (Phi) is 7.09. The Bertz CT molecular complexity index is 1080. The van der Waals surface area contributed by atoms with Crippen molar-refractivity contribution in [2.75, 3.05) is 33.3 Å². The number of amides is 1. The molecule has 1 saturated heterocycles. The second-order valence-electron chi connectivity index (χ2n) is 6.82. The first-order chi connectivity index (χ1) is 15.1. The summed E-state index contributed by atoms with van der Waals surface area (Å²) in [7, 11) is -2.23. The lowest BCUT2D eigenvalue weighted by molar-refractivity contribution is -0.274. The first-order valence-electron chi connectivity index (χ1n) is 9.56. The minimum Gasteiger partial charge on any atom is -0.497 e. The highest BCUT2D eigenvalue weighted by atomic mass is 32.2. The minimum absolute atomic E-state index is 0.0962. The van der Waals surface area contributed by atoms with Crippen LogP contribution in [0.4, 0.5) is 13.2 Å². The van der Waals surface area contributed by atoms with Crippen LogP contribution in [0.1, 0.15) is 5.56 Å². The molecule has 1 aliphatic rings. The Morgan fingerprint density at radius 1 is 1.00 bits per heavy atom. The molecule has 1 amide bonds. The van der Waals surface area contributed by atoms with E-state index in [4.69, 9.17) is 4.74 Å². The number of methoxy groups -OCH3 is 1. The van der Waals surface area contributed by atoms with Gasteiger partial charge in [0.15, 0.2) is 0 Å². The molecule has 2 aromatic rings. The lowest BCUT2D eigenvalue weighted by Crippen LogP contribution is -2.50. The fraction of sp³-hybridized carbons (Fsp3) is 0.286. The summed E-state index contributed by atoms with van der Waals surface area (Å²) in [6.45, 7) is 0.502. The number of carbonyl (C=O) groups excluding carboxylic acids is 1. The molecule has 7 nitrogen and oxygen atoms in total. The fourth-order valence-corrected chi connectivity index (χ4v) is 4.57. The Balaban J connectivity index is 1.62. The van der Waals surface area contributed by atoms with Gasteiger partial charge < -0.3 is 14.4 Å². The molecule has 1 aliphatic heterocycles. The summed E-state index contributed by atoms with van der Waals surface area (Å²) in [5.41, 5.74) is 0.0962. The van der Waals surface area contributed by atoms with E-state index in [2.05, 4.69) is 4.74 Å². The number of ether oxygens (including phenoxy) is 2. The van der Waals surface area contributed by atoms with Crippen LogP contribution in [0.15, 0.2) is 59.5 Å². The van der Waals surface area contributed by atoms with Crippen molar-refractivity contribution in [1.82, 2.24) is 9.21 Å². The topological polar surface area (TPSA) is 76.2 Å². The first kappa shape index (κ1) is 23.6. The molecule has 0 atom stereocenters. The zero-order valence-corrected chi connectivity index (χ0v) is 17.9. The second kappa shape index (κ2) is 9.61. The highest BCUT2D eigenvalue weighted by molar-refractivity contribution is 7.89. The van der Waals surface area contributed by atoms with Crippen molar-refractivity contribution < 1.29 is 35.9 Å². The Labute approximate surface area is 183 Å². The second-order valence-corrected chi connectivity index (χ2v) is 8.76. The van der Waals surface area contributed by atoms with Crippen molar-refractivity contribution in [3.8, 4) is 11.5 Å². The van der Waals surface area contributed by atoms with Crippen LogP contribution < -0.4 is 9.47 Å². The molecule has 0 aliphatic carbocycles. The lowest BCUT2D eigenvalue weighted by Gasteiger charge is -2.33. The molecule has 11 heteroatoms. The zero-order chi connectivity index (χ0) is 23.4. The quantitative estimate of drug-likeness (QED) is 0.607. The molecule has 3 rings (SSSR count). The zero-order valence-electron chi connectivity index (χ0n) is 17.1. The first-order valence-corrected chi connectivity index (χ1v) is 11.0. The predicted molar refractivity (Wildman–Crippen MR) is 110 cm³/mol. The Morgan fingerprint density at radius 2 is 1.62 bits per heavy atom. The fourth-order valence-electron chi connectivity index (χ4n) is 3.15. The molecule has 0 aromatic heterocycles. The molecule has 32 heavy (non-hydrogen) atoms. The van der Waals surface area contributed by atoms with Crippen LogP contribution in [0.3, 0.4) is 0 Å². The lowest BCUT2D eigenvalue weighted by atomic mass is 10.2. The molecule has 0 N–H and O–H groups in total. The average molecular weight is 470 g/mol. The summed E-state index contributed by atoms with van der Waals surface area (Å²) in [4.78, 5) is 14.0. The smallest absolute Gasteiger partial charge is 0.497 e. The van der Waals surface area contributed by atoms with E-state index in [1.165, 1.54) is 52.7 Å². The average Bonchev–Trinajstić information content (AvgIpc) is 2.77. The third-order valence-electron chi connectivity index (χ3n) is 4.80. The number of hydrogen-bond acceptors (Lipinski definition) is 5. The van der Waals surface area contributed by atoms with Gasteiger partial charge in [-0.15, -0.1) is 13.2 Å². The van der Waals surface area contributed by atoms with Crippen molar-refractivity contribution in [2.45, 2.75) is 11.3 Å². The third kappa shape index (κ3) is 5.80. The van der Waals surface area contributed by atoms with Crippen LogP contribution in [0.5, 0.6) is 11.5 Å². The number of rotatable bonds is 6. The SMILES string of the molecule is COc1ccc(S(=O)(=O)N2CCN(C(=O)/C=C/c3ccccc3OC(F)(F)F)CC2)cc1. The molecule has 1 heterocycles. The summed E-state index contributed by atoms with van der Waals surface area (Å²) in [5, 5.41) is 0. The van der Waals surface area contributed by atoms with E-state index in [0.29, 0.717) is 5.75 Å². The summed E-state index contributed by atoms with van der Waals surface area (Å²) < 4.78 is 73.4. The van der Waals surface area contributed by atoms with Gasteiger partial charge in [0.05, 0.1) is 12.0 Å². The maximum Gasteiger partial charge on any atom is 0.573 e. The van der Waals surface area contributed by atoms with E-state index >= 15 is 0 Å². The maximum absolute atomic E-state index is 12.8. The monoisotopic (exact) mass is 470 g/mol. The van der Waals surface area contributed by atoms with Gasteiger partial charge in [-0.05, 0) is 36.4 Å². The maximum atomic E-state index is 12.8. The highest BCUT2D eigenvalue weighted by Gasteiger charge is 2.32. The number of para-hydroxylation sites is 1. The van der Waals surface area contributed by atoms with Crippen molar-refractivity contribution in [3.05, 3.63) is 60.2 Å². The summed E-state index contributed by atoms with van der Waals surface area (Å²) in [5.74, 6) is -0.318. The number of carbonyl (C=O) groups is 1. The largest absolute Gasteiger partial charge is 0.573 e. The van der Waals surface area contributed by atoms with E-state index in [9.17, 15) is 26.4 Å². The van der Waals surface area contributed by atoms with Gasteiger partial charge in [0.1, 0.15) is 11.5 Å². The van der Waals surface area contributed by atoms with Gasteiger partial charge in [0.2, 0.25) is 15.9 Å². The normalized spacial score (nSPS) is 15.7. The number of piperazine rings is 1. The van der Waals surface area contributed by atoms with Crippen molar-refractivity contribution in [3.63, 3.8) is 0 Å².